The Balaban J connectivity index is 2.33. The zero-order valence-electron chi connectivity index (χ0n) is 11.2. The van der Waals surface area contributed by atoms with Crippen LogP contribution in [-0.2, 0) is 14.8 Å². The van der Waals surface area contributed by atoms with Crippen molar-refractivity contribution in [3.05, 3.63) is 18.2 Å². The summed E-state index contributed by atoms with van der Waals surface area (Å²) in [6.07, 6.45) is 0. The molecule has 0 atom stereocenters. The smallest absolute Gasteiger partial charge is 0.243 e. The lowest BCUT2D eigenvalue weighted by Gasteiger charge is -2.26. The van der Waals surface area contributed by atoms with Crippen LogP contribution in [0.3, 0.4) is 0 Å². The van der Waals surface area contributed by atoms with Crippen LogP contribution < -0.4 is 10.6 Å². The molecule has 6 nitrogen and oxygen atoms in total. The first-order chi connectivity index (χ1) is 8.93. The highest BCUT2D eigenvalue weighted by molar-refractivity contribution is 7.89. The van der Waals surface area contributed by atoms with Gasteiger partial charge in [0, 0.05) is 27.2 Å². The van der Waals surface area contributed by atoms with E-state index in [-0.39, 0.29) is 4.90 Å². The van der Waals surface area contributed by atoms with E-state index in [2.05, 4.69) is 0 Å². The molecule has 7 heteroatoms. The van der Waals surface area contributed by atoms with Gasteiger partial charge in [-0.25, -0.2) is 8.42 Å². The molecule has 1 aromatic carbocycles. The number of nitrogens with two attached hydrogens (primary N) is 1. The molecule has 1 saturated heterocycles. The normalized spacial score (nSPS) is 17.4. The van der Waals surface area contributed by atoms with Crippen molar-refractivity contribution in [2.75, 3.05) is 51.0 Å². The summed E-state index contributed by atoms with van der Waals surface area (Å²) in [6.45, 7) is 1.64. The van der Waals surface area contributed by atoms with Crippen LogP contribution >= 0.6 is 0 Å². The third-order valence-corrected chi connectivity index (χ3v) is 4.98. The Morgan fingerprint density at radius 1 is 1.26 bits per heavy atom. The molecule has 0 radical (unpaired) electrons. The van der Waals surface area contributed by atoms with E-state index in [1.165, 1.54) is 10.4 Å². The molecule has 106 valence electrons. The van der Waals surface area contributed by atoms with Gasteiger partial charge in [-0.1, -0.05) is 0 Å². The van der Waals surface area contributed by atoms with Crippen molar-refractivity contribution in [1.82, 2.24) is 4.31 Å². The molecule has 0 unspecified atom stereocenters. The molecule has 0 bridgehead atoms. The highest BCUT2D eigenvalue weighted by Crippen LogP contribution is 2.26. The summed E-state index contributed by atoms with van der Waals surface area (Å²) < 4.78 is 31.4. The summed E-state index contributed by atoms with van der Waals surface area (Å²) in [4.78, 5) is 2.08. The van der Waals surface area contributed by atoms with Crippen LogP contribution in [-0.4, -0.2) is 53.1 Å². The molecule has 2 rings (SSSR count). The topological polar surface area (TPSA) is 75.9 Å². The minimum Gasteiger partial charge on any atom is -0.397 e. The molecule has 19 heavy (non-hydrogen) atoms. The van der Waals surface area contributed by atoms with E-state index in [1.54, 1.807) is 12.1 Å². The average Bonchev–Trinajstić information content (AvgIpc) is 2.39. The third kappa shape index (κ3) is 2.83. The van der Waals surface area contributed by atoms with Crippen molar-refractivity contribution in [3.63, 3.8) is 0 Å². The number of sulfonamides is 1. The lowest BCUT2D eigenvalue weighted by molar-refractivity contribution is 0.0730. The summed E-state index contributed by atoms with van der Waals surface area (Å²) in [6, 6.07) is 4.83. The first-order valence-electron chi connectivity index (χ1n) is 6.07. The molecule has 0 amide bonds. The second-order valence-electron chi connectivity index (χ2n) is 4.63. The monoisotopic (exact) mass is 285 g/mol. The van der Waals surface area contributed by atoms with E-state index in [9.17, 15) is 8.42 Å². The number of nitrogens with zero attached hydrogens (tertiary/aromatic N) is 2. The molecular weight excluding hydrogens is 266 g/mol. The van der Waals surface area contributed by atoms with Crippen LogP contribution in [0.5, 0.6) is 0 Å². The van der Waals surface area contributed by atoms with Gasteiger partial charge in [-0.15, -0.1) is 0 Å². The second-order valence-corrected chi connectivity index (χ2v) is 6.57. The number of nitrogen functional groups attached to an aromatic ring is 1. The van der Waals surface area contributed by atoms with Gasteiger partial charge in [-0.05, 0) is 18.2 Å². The van der Waals surface area contributed by atoms with Gasteiger partial charge < -0.3 is 15.4 Å². The van der Waals surface area contributed by atoms with E-state index in [4.69, 9.17) is 10.5 Å². The SMILES string of the molecule is CN(C)c1ccc(S(=O)(=O)N2CCOCC2)cc1N. The van der Waals surface area contributed by atoms with Crippen molar-refractivity contribution in [2.24, 2.45) is 0 Å². The van der Waals surface area contributed by atoms with Crippen molar-refractivity contribution in [1.29, 1.82) is 0 Å². The Labute approximate surface area is 113 Å². The molecule has 1 aliphatic heterocycles. The Hall–Kier alpha value is -1.31. The summed E-state index contributed by atoms with van der Waals surface area (Å²) >= 11 is 0. The molecule has 1 heterocycles. The van der Waals surface area contributed by atoms with Gasteiger partial charge in [0.2, 0.25) is 10.0 Å². The van der Waals surface area contributed by atoms with Crippen molar-refractivity contribution < 1.29 is 13.2 Å². The van der Waals surface area contributed by atoms with E-state index >= 15 is 0 Å². The average molecular weight is 285 g/mol. The second kappa shape index (κ2) is 5.36. The van der Waals surface area contributed by atoms with Gasteiger partial charge in [0.25, 0.3) is 0 Å². The standard InChI is InChI=1S/C12H19N3O3S/c1-14(2)12-4-3-10(9-11(12)13)19(16,17)15-5-7-18-8-6-15/h3-4,9H,5-8,13H2,1-2H3. The molecule has 2 N–H and O–H groups in total. The van der Waals surface area contributed by atoms with Crippen LogP contribution in [0.25, 0.3) is 0 Å². The lowest BCUT2D eigenvalue weighted by atomic mass is 10.2. The quantitative estimate of drug-likeness (QED) is 0.811. The molecule has 0 saturated carbocycles. The molecular formula is C12H19N3O3S. The predicted octanol–water partition coefficient (Wildman–Crippen LogP) is 0.356. The zero-order chi connectivity index (χ0) is 14.0. The van der Waals surface area contributed by atoms with E-state index in [0.29, 0.717) is 32.0 Å². The molecule has 0 aliphatic carbocycles. The van der Waals surface area contributed by atoms with Crippen molar-refractivity contribution in [3.8, 4) is 0 Å². The first kappa shape index (κ1) is 14.1. The molecule has 0 spiro atoms. The molecule has 1 aliphatic rings. The number of ether oxygens (including phenoxy) is 1. The first-order valence-corrected chi connectivity index (χ1v) is 7.51. The fourth-order valence-electron chi connectivity index (χ4n) is 2.04. The van der Waals surface area contributed by atoms with Gasteiger partial charge in [0.05, 0.1) is 29.5 Å². The van der Waals surface area contributed by atoms with Crippen molar-refractivity contribution in [2.45, 2.75) is 4.90 Å². The van der Waals surface area contributed by atoms with Gasteiger partial charge in [0.1, 0.15) is 0 Å². The van der Waals surface area contributed by atoms with Gasteiger partial charge >= 0.3 is 0 Å². The fourth-order valence-corrected chi connectivity index (χ4v) is 3.48. The highest BCUT2D eigenvalue weighted by atomic mass is 32.2. The number of hydrogen-bond donors (Lipinski definition) is 1. The van der Waals surface area contributed by atoms with E-state index in [0.717, 1.165) is 5.69 Å². The maximum Gasteiger partial charge on any atom is 0.243 e. The maximum absolute atomic E-state index is 12.4. The fraction of sp³-hybridized carbons (Fsp3) is 0.500. The van der Waals surface area contributed by atoms with E-state index in [1.807, 2.05) is 19.0 Å². The summed E-state index contributed by atoms with van der Waals surface area (Å²) in [5.41, 5.74) is 7.16. The van der Waals surface area contributed by atoms with Gasteiger partial charge in [-0.3, -0.25) is 0 Å². The van der Waals surface area contributed by atoms with Crippen LogP contribution in [0, 0.1) is 0 Å². The van der Waals surface area contributed by atoms with Gasteiger partial charge in [0.15, 0.2) is 0 Å². The summed E-state index contributed by atoms with van der Waals surface area (Å²) in [5.74, 6) is 0. The highest BCUT2D eigenvalue weighted by Gasteiger charge is 2.26. The van der Waals surface area contributed by atoms with Gasteiger partial charge in [-0.2, -0.15) is 4.31 Å². The summed E-state index contributed by atoms with van der Waals surface area (Å²) in [7, 11) is 0.254. The Bertz CT molecular complexity index is 551. The molecule has 1 fully saturated rings. The number of anilines is 2. The minimum atomic E-state index is -3.47. The van der Waals surface area contributed by atoms with Crippen LogP contribution in [0.15, 0.2) is 23.1 Å². The Kier molecular flexibility index (Phi) is 3.98. The number of morpholine rings is 1. The van der Waals surface area contributed by atoms with E-state index < -0.39 is 10.0 Å². The number of hydrogen-bond acceptors (Lipinski definition) is 5. The largest absolute Gasteiger partial charge is 0.397 e. The maximum atomic E-state index is 12.4. The predicted molar refractivity (Wildman–Crippen MR) is 74.8 cm³/mol. The number of benzene rings is 1. The molecule has 1 aromatic rings. The van der Waals surface area contributed by atoms with Crippen LogP contribution in [0.1, 0.15) is 0 Å². The minimum absolute atomic E-state index is 0.234. The Morgan fingerprint density at radius 2 is 1.89 bits per heavy atom. The van der Waals surface area contributed by atoms with Crippen LogP contribution in [0.2, 0.25) is 0 Å². The molecule has 0 aromatic heterocycles. The third-order valence-electron chi connectivity index (χ3n) is 3.09. The van der Waals surface area contributed by atoms with Crippen LogP contribution in [0.4, 0.5) is 11.4 Å². The summed E-state index contributed by atoms with van der Waals surface area (Å²) in [5, 5.41) is 0. The number of rotatable bonds is 3. The zero-order valence-corrected chi connectivity index (χ0v) is 12.0. The lowest BCUT2D eigenvalue weighted by Crippen LogP contribution is -2.40. The Morgan fingerprint density at radius 3 is 2.42 bits per heavy atom. The van der Waals surface area contributed by atoms with Crippen molar-refractivity contribution >= 4 is 21.4 Å².